The minimum atomic E-state index is 0.0462. The maximum absolute atomic E-state index is 12.4. The summed E-state index contributed by atoms with van der Waals surface area (Å²) in [6.07, 6.45) is 4.18. The normalized spacial score (nSPS) is 15.8. The first-order valence-corrected chi connectivity index (χ1v) is 8.51. The van der Waals surface area contributed by atoms with Gasteiger partial charge in [-0.15, -0.1) is 0 Å². The summed E-state index contributed by atoms with van der Waals surface area (Å²) in [5.41, 5.74) is 1.67. The molecule has 7 heteroatoms. The highest BCUT2D eigenvalue weighted by Gasteiger charge is 2.22. The summed E-state index contributed by atoms with van der Waals surface area (Å²) in [5.74, 6) is 0.0462. The van der Waals surface area contributed by atoms with Crippen LogP contribution in [0.15, 0.2) is 36.7 Å². The highest BCUT2D eigenvalue weighted by atomic mass is 32.1. The summed E-state index contributed by atoms with van der Waals surface area (Å²) in [5, 5.41) is 7.60. The maximum Gasteiger partial charge on any atom is 0.257 e. The molecule has 1 fully saturated rings. The lowest BCUT2D eigenvalue weighted by Crippen LogP contribution is -2.35. The highest BCUT2D eigenvalue weighted by molar-refractivity contribution is 7.22. The highest BCUT2D eigenvalue weighted by Crippen LogP contribution is 2.29. The molecule has 4 rings (SSSR count). The second-order valence-electron chi connectivity index (χ2n) is 5.58. The van der Waals surface area contributed by atoms with Crippen molar-refractivity contribution in [2.75, 3.05) is 31.1 Å². The van der Waals surface area contributed by atoms with E-state index in [1.165, 1.54) is 4.70 Å². The largest absolute Gasteiger partial charge is 0.346 e. The van der Waals surface area contributed by atoms with Crippen LogP contribution in [-0.2, 0) is 0 Å². The molecule has 0 aliphatic carbocycles. The number of rotatable bonds is 2. The lowest BCUT2D eigenvalue weighted by atomic mass is 10.3. The van der Waals surface area contributed by atoms with Gasteiger partial charge in [0.1, 0.15) is 0 Å². The summed E-state index contributed by atoms with van der Waals surface area (Å²) in [4.78, 5) is 21.3. The molecule has 1 aliphatic rings. The van der Waals surface area contributed by atoms with Crippen LogP contribution in [0.5, 0.6) is 0 Å². The van der Waals surface area contributed by atoms with Gasteiger partial charge in [0, 0.05) is 32.4 Å². The molecule has 118 valence electrons. The Morgan fingerprint density at radius 1 is 1.17 bits per heavy atom. The molecule has 0 radical (unpaired) electrons. The van der Waals surface area contributed by atoms with Crippen molar-refractivity contribution in [2.45, 2.75) is 6.42 Å². The predicted octanol–water partition coefficient (Wildman–Crippen LogP) is 2.37. The number of hydrogen-bond donors (Lipinski definition) is 1. The Morgan fingerprint density at radius 2 is 2.09 bits per heavy atom. The summed E-state index contributed by atoms with van der Waals surface area (Å²) in [7, 11) is 0. The van der Waals surface area contributed by atoms with Crippen LogP contribution in [0.3, 0.4) is 0 Å². The van der Waals surface area contributed by atoms with E-state index in [1.807, 2.05) is 23.1 Å². The topological polar surface area (TPSA) is 65.1 Å². The van der Waals surface area contributed by atoms with Crippen molar-refractivity contribution in [2.24, 2.45) is 0 Å². The molecule has 3 heterocycles. The van der Waals surface area contributed by atoms with Crippen LogP contribution in [0.4, 0.5) is 5.13 Å². The number of carbonyl (C=O) groups excluding carboxylic acids is 1. The van der Waals surface area contributed by atoms with E-state index in [1.54, 1.807) is 23.7 Å². The second-order valence-corrected chi connectivity index (χ2v) is 6.59. The third-order valence-corrected chi connectivity index (χ3v) is 5.18. The number of anilines is 1. The van der Waals surface area contributed by atoms with Crippen molar-refractivity contribution in [3.05, 3.63) is 42.2 Å². The number of amides is 1. The Labute approximate surface area is 137 Å². The first kappa shape index (κ1) is 14.2. The average Bonchev–Trinajstić information content (AvgIpc) is 3.19. The zero-order valence-corrected chi connectivity index (χ0v) is 13.4. The van der Waals surface area contributed by atoms with Crippen LogP contribution in [0.25, 0.3) is 10.2 Å². The fourth-order valence-corrected chi connectivity index (χ4v) is 3.87. The molecule has 1 aromatic carbocycles. The van der Waals surface area contributed by atoms with Gasteiger partial charge in [-0.25, -0.2) is 4.98 Å². The number of hydrogen-bond acceptors (Lipinski definition) is 5. The second kappa shape index (κ2) is 6.00. The monoisotopic (exact) mass is 327 g/mol. The number of thiazole rings is 1. The molecule has 2 aromatic heterocycles. The number of para-hydroxylation sites is 1. The van der Waals surface area contributed by atoms with E-state index < -0.39 is 0 Å². The van der Waals surface area contributed by atoms with Gasteiger partial charge in [-0.2, -0.15) is 5.10 Å². The molecule has 0 unspecified atom stereocenters. The number of nitrogens with one attached hydrogen (secondary N) is 1. The third-order valence-electron chi connectivity index (χ3n) is 4.08. The number of benzene rings is 1. The van der Waals surface area contributed by atoms with E-state index in [4.69, 9.17) is 4.98 Å². The number of carbonyl (C=O) groups is 1. The van der Waals surface area contributed by atoms with Gasteiger partial charge < -0.3 is 9.80 Å². The van der Waals surface area contributed by atoms with Gasteiger partial charge in [0.25, 0.3) is 5.91 Å². The first-order chi connectivity index (χ1) is 11.3. The van der Waals surface area contributed by atoms with Crippen LogP contribution < -0.4 is 4.90 Å². The molecule has 0 saturated carbocycles. The van der Waals surface area contributed by atoms with E-state index >= 15 is 0 Å². The summed E-state index contributed by atoms with van der Waals surface area (Å²) < 4.78 is 1.21. The molecule has 6 nitrogen and oxygen atoms in total. The van der Waals surface area contributed by atoms with Crippen molar-refractivity contribution in [1.82, 2.24) is 20.1 Å². The van der Waals surface area contributed by atoms with Gasteiger partial charge in [-0.1, -0.05) is 23.5 Å². The molecule has 1 aliphatic heterocycles. The van der Waals surface area contributed by atoms with E-state index in [2.05, 4.69) is 21.2 Å². The SMILES string of the molecule is O=C(c1cn[nH]c1)N1CCCN(c2nc3ccccc3s2)CC1. The van der Waals surface area contributed by atoms with Gasteiger partial charge >= 0.3 is 0 Å². The van der Waals surface area contributed by atoms with Crippen LogP contribution in [0.1, 0.15) is 16.8 Å². The molecule has 23 heavy (non-hydrogen) atoms. The van der Waals surface area contributed by atoms with Gasteiger partial charge in [0.05, 0.1) is 22.0 Å². The minimum Gasteiger partial charge on any atom is -0.346 e. The molecular formula is C16H17N5OS. The van der Waals surface area contributed by atoms with Gasteiger partial charge in [0.2, 0.25) is 0 Å². The first-order valence-electron chi connectivity index (χ1n) is 7.70. The molecule has 0 atom stereocenters. The van der Waals surface area contributed by atoms with Crippen molar-refractivity contribution in [1.29, 1.82) is 0 Å². The van der Waals surface area contributed by atoms with Crippen LogP contribution >= 0.6 is 11.3 Å². The Hall–Kier alpha value is -2.41. The van der Waals surface area contributed by atoms with E-state index in [9.17, 15) is 4.79 Å². The van der Waals surface area contributed by atoms with Gasteiger partial charge in [-0.05, 0) is 18.6 Å². The standard InChI is InChI=1S/C16H17N5OS/c22-15(12-10-17-18-11-12)20-6-3-7-21(9-8-20)16-19-13-4-1-2-5-14(13)23-16/h1-2,4-5,10-11H,3,6-9H2,(H,17,18). The number of nitrogens with zero attached hydrogens (tertiary/aromatic N) is 4. The summed E-state index contributed by atoms with van der Waals surface area (Å²) >= 11 is 1.72. The van der Waals surface area contributed by atoms with Crippen LogP contribution in [0, 0.1) is 0 Å². The molecular weight excluding hydrogens is 310 g/mol. The number of aromatic nitrogens is 3. The predicted molar refractivity (Wildman–Crippen MR) is 90.9 cm³/mol. The van der Waals surface area contributed by atoms with Crippen molar-refractivity contribution >= 4 is 32.6 Å². The summed E-state index contributed by atoms with van der Waals surface area (Å²) in [6.45, 7) is 3.21. The Balaban J connectivity index is 1.49. The van der Waals surface area contributed by atoms with E-state index in [0.717, 1.165) is 36.7 Å². The Bertz CT molecular complexity index is 780. The van der Waals surface area contributed by atoms with E-state index in [-0.39, 0.29) is 5.91 Å². The fourth-order valence-electron chi connectivity index (χ4n) is 2.86. The average molecular weight is 327 g/mol. The zero-order chi connectivity index (χ0) is 15.6. The van der Waals surface area contributed by atoms with E-state index in [0.29, 0.717) is 12.1 Å². The van der Waals surface area contributed by atoms with Crippen molar-refractivity contribution in [3.63, 3.8) is 0 Å². The lowest BCUT2D eigenvalue weighted by Gasteiger charge is -2.21. The molecule has 0 spiro atoms. The summed E-state index contributed by atoms with van der Waals surface area (Å²) in [6, 6.07) is 8.20. The van der Waals surface area contributed by atoms with Gasteiger partial charge in [0.15, 0.2) is 5.13 Å². The lowest BCUT2D eigenvalue weighted by molar-refractivity contribution is 0.0767. The number of H-pyrrole nitrogens is 1. The Kier molecular flexibility index (Phi) is 3.70. The molecule has 1 saturated heterocycles. The smallest absolute Gasteiger partial charge is 0.257 e. The van der Waals surface area contributed by atoms with Crippen molar-refractivity contribution < 1.29 is 4.79 Å². The Morgan fingerprint density at radius 3 is 2.91 bits per heavy atom. The fraction of sp³-hybridized carbons (Fsp3) is 0.312. The molecule has 0 bridgehead atoms. The number of aromatic amines is 1. The molecule has 1 amide bonds. The molecule has 1 N–H and O–H groups in total. The number of fused-ring (bicyclic) bond motifs is 1. The quantitative estimate of drug-likeness (QED) is 0.785. The third kappa shape index (κ3) is 2.79. The maximum atomic E-state index is 12.4. The van der Waals surface area contributed by atoms with Crippen LogP contribution in [0.2, 0.25) is 0 Å². The zero-order valence-electron chi connectivity index (χ0n) is 12.6. The minimum absolute atomic E-state index is 0.0462. The van der Waals surface area contributed by atoms with Crippen molar-refractivity contribution in [3.8, 4) is 0 Å². The molecule has 3 aromatic rings. The van der Waals surface area contributed by atoms with Crippen LogP contribution in [-0.4, -0.2) is 52.2 Å². The van der Waals surface area contributed by atoms with Gasteiger partial charge in [-0.3, -0.25) is 9.89 Å².